The predicted octanol–water partition coefficient (Wildman–Crippen LogP) is 3.32. The maximum atomic E-state index is 10.5. The monoisotopic (exact) mass is 228 g/mol. The van der Waals surface area contributed by atoms with Gasteiger partial charge in [0.1, 0.15) is 18.1 Å². The molecule has 2 rings (SSSR count). The van der Waals surface area contributed by atoms with Gasteiger partial charge in [0.2, 0.25) is 0 Å². The standard InChI is InChI=1S/C14H12O3/c1-2-9-16-12-5-3-11(4-6-12)14-8-7-13(10-15)17-14/h2-8,10H,1,9H2. The summed E-state index contributed by atoms with van der Waals surface area (Å²) < 4.78 is 10.7. The van der Waals surface area contributed by atoms with Crippen molar-refractivity contribution in [3.05, 3.63) is 54.8 Å². The van der Waals surface area contributed by atoms with Gasteiger partial charge in [0.05, 0.1) is 0 Å². The molecule has 2 aromatic rings. The number of aldehydes is 1. The van der Waals surface area contributed by atoms with Crippen LogP contribution in [0.2, 0.25) is 0 Å². The van der Waals surface area contributed by atoms with Gasteiger partial charge in [-0.05, 0) is 36.4 Å². The first-order valence-electron chi connectivity index (χ1n) is 5.22. The van der Waals surface area contributed by atoms with Crippen molar-refractivity contribution in [2.75, 3.05) is 6.61 Å². The zero-order chi connectivity index (χ0) is 12.1. The smallest absolute Gasteiger partial charge is 0.185 e. The highest BCUT2D eigenvalue weighted by atomic mass is 16.5. The third-order valence-electron chi connectivity index (χ3n) is 2.25. The highest BCUT2D eigenvalue weighted by Gasteiger charge is 2.04. The lowest BCUT2D eigenvalue weighted by atomic mass is 10.2. The van der Waals surface area contributed by atoms with Crippen LogP contribution in [0.25, 0.3) is 11.3 Å². The Morgan fingerprint density at radius 1 is 1.18 bits per heavy atom. The molecule has 17 heavy (non-hydrogen) atoms. The summed E-state index contributed by atoms with van der Waals surface area (Å²) in [7, 11) is 0. The van der Waals surface area contributed by atoms with E-state index in [-0.39, 0.29) is 0 Å². The van der Waals surface area contributed by atoms with Crippen LogP contribution in [0.5, 0.6) is 5.75 Å². The first-order valence-corrected chi connectivity index (χ1v) is 5.22. The van der Waals surface area contributed by atoms with E-state index >= 15 is 0 Å². The van der Waals surface area contributed by atoms with Crippen LogP contribution in [0.1, 0.15) is 10.6 Å². The summed E-state index contributed by atoms with van der Waals surface area (Å²) in [6.45, 7) is 4.06. The number of furan rings is 1. The van der Waals surface area contributed by atoms with E-state index in [4.69, 9.17) is 9.15 Å². The predicted molar refractivity (Wildman–Crippen MR) is 65.2 cm³/mol. The lowest BCUT2D eigenvalue weighted by Gasteiger charge is -2.03. The van der Waals surface area contributed by atoms with Crippen molar-refractivity contribution >= 4 is 6.29 Å². The lowest BCUT2D eigenvalue weighted by Crippen LogP contribution is -1.91. The Balaban J connectivity index is 2.16. The van der Waals surface area contributed by atoms with Crippen molar-refractivity contribution in [2.45, 2.75) is 0 Å². The Kier molecular flexibility index (Phi) is 3.40. The van der Waals surface area contributed by atoms with Crippen LogP contribution >= 0.6 is 0 Å². The van der Waals surface area contributed by atoms with Crippen molar-refractivity contribution in [1.82, 2.24) is 0 Å². The van der Waals surface area contributed by atoms with Crippen LogP contribution in [0.4, 0.5) is 0 Å². The van der Waals surface area contributed by atoms with Crippen molar-refractivity contribution in [3.63, 3.8) is 0 Å². The lowest BCUT2D eigenvalue weighted by molar-refractivity contribution is 0.110. The molecule has 0 fully saturated rings. The normalized spacial score (nSPS) is 9.88. The number of rotatable bonds is 5. The van der Waals surface area contributed by atoms with E-state index in [0.29, 0.717) is 24.4 Å². The summed E-state index contributed by atoms with van der Waals surface area (Å²) in [5.41, 5.74) is 0.907. The van der Waals surface area contributed by atoms with Gasteiger partial charge in [0.15, 0.2) is 12.0 Å². The summed E-state index contributed by atoms with van der Waals surface area (Å²) in [4.78, 5) is 10.5. The molecule has 1 aromatic carbocycles. The molecule has 0 spiro atoms. The molecule has 1 aromatic heterocycles. The Morgan fingerprint density at radius 2 is 1.94 bits per heavy atom. The molecule has 0 amide bonds. The third kappa shape index (κ3) is 2.64. The van der Waals surface area contributed by atoms with Crippen LogP contribution < -0.4 is 4.74 Å². The quantitative estimate of drug-likeness (QED) is 0.582. The second-order valence-corrected chi connectivity index (χ2v) is 3.44. The molecule has 86 valence electrons. The SMILES string of the molecule is C=CCOc1ccc(-c2ccc(C=O)o2)cc1. The Hall–Kier alpha value is -2.29. The molecule has 0 aliphatic heterocycles. The molecule has 0 bridgehead atoms. The van der Waals surface area contributed by atoms with Gasteiger partial charge in [-0.15, -0.1) is 0 Å². The van der Waals surface area contributed by atoms with Crippen molar-refractivity contribution < 1.29 is 13.9 Å². The van der Waals surface area contributed by atoms with Crippen LogP contribution in [0.15, 0.2) is 53.5 Å². The summed E-state index contributed by atoms with van der Waals surface area (Å²) in [5.74, 6) is 1.77. The molecule has 0 aliphatic rings. The molecular formula is C14H12O3. The largest absolute Gasteiger partial charge is 0.490 e. The van der Waals surface area contributed by atoms with E-state index in [1.807, 2.05) is 24.3 Å². The van der Waals surface area contributed by atoms with Crippen molar-refractivity contribution in [1.29, 1.82) is 0 Å². The number of carbonyl (C=O) groups excluding carboxylic acids is 1. The van der Waals surface area contributed by atoms with E-state index in [0.717, 1.165) is 11.3 Å². The highest BCUT2D eigenvalue weighted by Crippen LogP contribution is 2.24. The molecule has 0 aliphatic carbocycles. The fourth-order valence-electron chi connectivity index (χ4n) is 1.44. The summed E-state index contributed by atoms with van der Waals surface area (Å²) in [6, 6.07) is 10.9. The Morgan fingerprint density at radius 3 is 2.53 bits per heavy atom. The zero-order valence-corrected chi connectivity index (χ0v) is 9.26. The number of benzene rings is 1. The molecule has 0 saturated heterocycles. The van der Waals surface area contributed by atoms with Gasteiger partial charge >= 0.3 is 0 Å². The minimum atomic E-state index is 0.326. The van der Waals surface area contributed by atoms with Gasteiger partial charge < -0.3 is 9.15 Å². The minimum Gasteiger partial charge on any atom is -0.490 e. The number of hydrogen-bond acceptors (Lipinski definition) is 3. The van der Waals surface area contributed by atoms with E-state index in [9.17, 15) is 4.79 Å². The summed E-state index contributed by atoms with van der Waals surface area (Å²) in [6.07, 6.45) is 2.38. The van der Waals surface area contributed by atoms with Crippen molar-refractivity contribution in [3.8, 4) is 17.1 Å². The minimum absolute atomic E-state index is 0.326. The molecular weight excluding hydrogens is 216 g/mol. The molecule has 3 nitrogen and oxygen atoms in total. The fraction of sp³-hybridized carbons (Fsp3) is 0.0714. The maximum absolute atomic E-state index is 10.5. The van der Waals surface area contributed by atoms with Gasteiger partial charge in [0.25, 0.3) is 0 Å². The van der Waals surface area contributed by atoms with Gasteiger partial charge in [-0.2, -0.15) is 0 Å². The molecule has 0 N–H and O–H groups in total. The molecule has 0 atom stereocenters. The second kappa shape index (κ2) is 5.16. The van der Waals surface area contributed by atoms with E-state index in [1.54, 1.807) is 18.2 Å². The number of hydrogen-bond donors (Lipinski definition) is 0. The summed E-state index contributed by atoms with van der Waals surface area (Å²) in [5, 5.41) is 0. The van der Waals surface area contributed by atoms with Gasteiger partial charge in [-0.1, -0.05) is 12.7 Å². The average molecular weight is 228 g/mol. The van der Waals surface area contributed by atoms with Crippen LogP contribution in [-0.4, -0.2) is 12.9 Å². The number of carbonyl (C=O) groups is 1. The maximum Gasteiger partial charge on any atom is 0.185 e. The highest BCUT2D eigenvalue weighted by molar-refractivity contribution is 5.72. The topological polar surface area (TPSA) is 39.4 Å². The van der Waals surface area contributed by atoms with E-state index in [2.05, 4.69) is 6.58 Å². The Bertz CT molecular complexity index is 509. The molecule has 0 unspecified atom stereocenters. The molecule has 3 heteroatoms. The van der Waals surface area contributed by atoms with Crippen LogP contribution in [0.3, 0.4) is 0 Å². The fourth-order valence-corrected chi connectivity index (χ4v) is 1.44. The molecule has 1 heterocycles. The van der Waals surface area contributed by atoms with Gasteiger partial charge in [-0.25, -0.2) is 0 Å². The average Bonchev–Trinajstić information content (AvgIpc) is 2.86. The van der Waals surface area contributed by atoms with E-state index in [1.165, 1.54) is 0 Å². The first-order chi connectivity index (χ1) is 8.33. The van der Waals surface area contributed by atoms with E-state index < -0.39 is 0 Å². The van der Waals surface area contributed by atoms with Crippen LogP contribution in [0, 0.1) is 0 Å². The van der Waals surface area contributed by atoms with Crippen LogP contribution in [-0.2, 0) is 0 Å². The first kappa shape index (κ1) is 11.2. The Labute approximate surface area is 99.3 Å². The molecule has 0 radical (unpaired) electrons. The summed E-state index contributed by atoms with van der Waals surface area (Å²) >= 11 is 0. The second-order valence-electron chi connectivity index (χ2n) is 3.44. The third-order valence-corrected chi connectivity index (χ3v) is 2.25. The zero-order valence-electron chi connectivity index (χ0n) is 9.26. The van der Waals surface area contributed by atoms with Gasteiger partial charge in [-0.3, -0.25) is 4.79 Å². The van der Waals surface area contributed by atoms with Gasteiger partial charge in [0, 0.05) is 5.56 Å². The molecule has 0 saturated carbocycles. The number of ether oxygens (including phenoxy) is 1. The van der Waals surface area contributed by atoms with Crippen molar-refractivity contribution in [2.24, 2.45) is 0 Å².